The minimum Gasteiger partial charge on any atom is -0.353 e. The smallest absolute Gasteiger partial charge is 0.223 e. The number of carbonyl (C=O) groups is 1. The number of piperidine rings is 1. The Morgan fingerprint density at radius 2 is 1.93 bits per heavy atom. The van der Waals surface area contributed by atoms with E-state index in [1.165, 1.54) is 11.5 Å². The summed E-state index contributed by atoms with van der Waals surface area (Å²) in [5.74, 6) is 1.58. The summed E-state index contributed by atoms with van der Waals surface area (Å²) < 4.78 is 4.50. The second kappa shape index (κ2) is 9.02. The predicted octanol–water partition coefficient (Wildman–Crippen LogP) is 4.16. The molecular formula is C20H27ClN4OS. The third-order valence-corrected chi connectivity index (χ3v) is 6.31. The van der Waals surface area contributed by atoms with Gasteiger partial charge in [-0.25, -0.2) is 4.98 Å². The normalized spacial score (nSPS) is 16.6. The number of hydrogen-bond acceptors (Lipinski definition) is 5. The second-order valence-electron chi connectivity index (χ2n) is 7.60. The van der Waals surface area contributed by atoms with Crippen LogP contribution in [-0.2, 0) is 11.2 Å². The summed E-state index contributed by atoms with van der Waals surface area (Å²) in [5.41, 5.74) is 1.15. The van der Waals surface area contributed by atoms with E-state index in [4.69, 9.17) is 16.6 Å². The van der Waals surface area contributed by atoms with Crippen LogP contribution in [0.1, 0.15) is 45.0 Å². The lowest BCUT2D eigenvalue weighted by atomic mass is 9.95. The molecule has 1 N–H and O–H groups in total. The van der Waals surface area contributed by atoms with Crippen LogP contribution in [0.5, 0.6) is 0 Å². The molecule has 1 amide bonds. The number of carbonyl (C=O) groups excluding carboxylic acids is 1. The van der Waals surface area contributed by atoms with Gasteiger partial charge in [-0.3, -0.25) is 4.79 Å². The van der Waals surface area contributed by atoms with Gasteiger partial charge in [0, 0.05) is 48.0 Å². The fourth-order valence-corrected chi connectivity index (χ4v) is 3.93. The van der Waals surface area contributed by atoms with Crippen LogP contribution in [0.25, 0.3) is 0 Å². The molecule has 2 aromatic rings. The summed E-state index contributed by atoms with van der Waals surface area (Å²) in [5, 5.41) is 4.84. The molecule has 2 heterocycles. The van der Waals surface area contributed by atoms with Gasteiger partial charge in [-0.2, -0.15) is 4.37 Å². The lowest BCUT2D eigenvalue weighted by Crippen LogP contribution is -2.44. The average molecular weight is 407 g/mol. The Kier molecular flexibility index (Phi) is 6.71. The molecule has 0 saturated carbocycles. The van der Waals surface area contributed by atoms with Crippen LogP contribution < -0.4 is 10.2 Å². The van der Waals surface area contributed by atoms with E-state index < -0.39 is 0 Å². The van der Waals surface area contributed by atoms with E-state index in [2.05, 4.69) is 35.4 Å². The van der Waals surface area contributed by atoms with Crippen molar-refractivity contribution < 1.29 is 4.79 Å². The molecule has 0 bridgehead atoms. The Balaban J connectivity index is 1.52. The van der Waals surface area contributed by atoms with Gasteiger partial charge in [0.15, 0.2) is 0 Å². The van der Waals surface area contributed by atoms with Crippen LogP contribution in [0.4, 0.5) is 5.13 Å². The molecule has 27 heavy (non-hydrogen) atoms. The van der Waals surface area contributed by atoms with Crippen molar-refractivity contribution in [2.75, 3.05) is 18.0 Å². The molecule has 1 atom stereocenters. The highest BCUT2D eigenvalue weighted by Crippen LogP contribution is 2.26. The Morgan fingerprint density at radius 1 is 1.26 bits per heavy atom. The van der Waals surface area contributed by atoms with Crippen LogP contribution in [0.3, 0.4) is 0 Å². The van der Waals surface area contributed by atoms with Crippen LogP contribution in [-0.4, -0.2) is 34.4 Å². The van der Waals surface area contributed by atoms with E-state index in [0.717, 1.165) is 47.5 Å². The highest BCUT2D eigenvalue weighted by Gasteiger charge is 2.27. The minimum absolute atomic E-state index is 0.101. The predicted molar refractivity (Wildman–Crippen MR) is 112 cm³/mol. The molecule has 0 unspecified atom stereocenters. The number of hydrogen-bond donors (Lipinski definition) is 1. The Bertz CT molecular complexity index is 754. The topological polar surface area (TPSA) is 58.1 Å². The van der Waals surface area contributed by atoms with E-state index in [0.29, 0.717) is 12.3 Å². The first kappa shape index (κ1) is 20.1. The Morgan fingerprint density at radius 3 is 2.56 bits per heavy atom. The monoisotopic (exact) mass is 406 g/mol. The van der Waals surface area contributed by atoms with Crippen molar-refractivity contribution in [3.63, 3.8) is 0 Å². The molecule has 146 valence electrons. The first-order valence-electron chi connectivity index (χ1n) is 9.54. The van der Waals surface area contributed by atoms with Crippen LogP contribution >= 0.6 is 23.1 Å². The van der Waals surface area contributed by atoms with E-state index in [1.807, 2.05) is 24.3 Å². The Labute approximate surface area is 170 Å². The van der Waals surface area contributed by atoms with Crippen LogP contribution in [0, 0.1) is 11.8 Å². The van der Waals surface area contributed by atoms with Crippen molar-refractivity contribution >= 4 is 34.2 Å². The largest absolute Gasteiger partial charge is 0.353 e. The summed E-state index contributed by atoms with van der Waals surface area (Å²) in [6, 6.07) is 8.01. The third-order valence-electron chi connectivity index (χ3n) is 5.24. The lowest BCUT2D eigenvalue weighted by molar-refractivity contribution is -0.126. The number of aromatic nitrogens is 2. The van der Waals surface area contributed by atoms with E-state index in [1.54, 1.807) is 0 Å². The molecular weight excluding hydrogens is 380 g/mol. The standard InChI is InChI=1S/C20H27ClN4OS/c1-13(2)14(3)22-19(26)16-8-10-25(11-9-16)20-23-18(24-27-20)12-15-4-6-17(21)7-5-15/h4-7,13-14,16H,8-12H2,1-3H3,(H,22,26)/t14-/m0/s1. The summed E-state index contributed by atoms with van der Waals surface area (Å²) in [6.45, 7) is 8.03. The number of rotatable bonds is 6. The SMILES string of the molecule is CC(C)[C@H](C)NC(=O)C1CCN(c2nc(Cc3ccc(Cl)cc3)ns2)CC1. The molecule has 1 aromatic carbocycles. The van der Waals surface area contributed by atoms with E-state index in [-0.39, 0.29) is 17.9 Å². The van der Waals surface area contributed by atoms with Crippen molar-refractivity contribution in [1.29, 1.82) is 0 Å². The van der Waals surface area contributed by atoms with Crippen molar-refractivity contribution in [3.05, 3.63) is 40.7 Å². The van der Waals surface area contributed by atoms with Crippen molar-refractivity contribution in [2.24, 2.45) is 11.8 Å². The van der Waals surface area contributed by atoms with E-state index in [9.17, 15) is 4.79 Å². The number of nitrogens with one attached hydrogen (secondary N) is 1. The summed E-state index contributed by atoms with van der Waals surface area (Å²) in [7, 11) is 0. The van der Waals surface area contributed by atoms with Gasteiger partial charge in [-0.1, -0.05) is 37.6 Å². The molecule has 5 nitrogen and oxygen atoms in total. The van der Waals surface area contributed by atoms with Gasteiger partial charge in [0.2, 0.25) is 11.0 Å². The van der Waals surface area contributed by atoms with Gasteiger partial charge in [-0.15, -0.1) is 0 Å². The maximum Gasteiger partial charge on any atom is 0.223 e. The highest BCUT2D eigenvalue weighted by atomic mass is 35.5. The highest BCUT2D eigenvalue weighted by molar-refractivity contribution is 7.09. The minimum atomic E-state index is 0.101. The molecule has 1 saturated heterocycles. The number of amides is 1. The summed E-state index contributed by atoms with van der Waals surface area (Å²) in [6.07, 6.45) is 2.44. The fraction of sp³-hybridized carbons (Fsp3) is 0.550. The van der Waals surface area contributed by atoms with Gasteiger partial charge in [0.05, 0.1) is 0 Å². The number of anilines is 1. The molecule has 1 aromatic heterocycles. The van der Waals surface area contributed by atoms with Gasteiger partial charge in [0.1, 0.15) is 5.82 Å². The fourth-order valence-electron chi connectivity index (χ4n) is 3.07. The molecule has 1 fully saturated rings. The molecule has 3 rings (SSSR count). The van der Waals surface area contributed by atoms with Crippen LogP contribution in [0.15, 0.2) is 24.3 Å². The summed E-state index contributed by atoms with van der Waals surface area (Å²) in [4.78, 5) is 19.4. The molecule has 0 spiro atoms. The maximum atomic E-state index is 12.4. The molecule has 0 radical (unpaired) electrons. The second-order valence-corrected chi connectivity index (χ2v) is 8.77. The number of benzene rings is 1. The molecule has 0 aliphatic carbocycles. The first-order chi connectivity index (χ1) is 12.9. The molecule has 1 aliphatic rings. The summed E-state index contributed by atoms with van der Waals surface area (Å²) >= 11 is 7.37. The number of nitrogens with zero attached hydrogens (tertiary/aromatic N) is 3. The third kappa shape index (κ3) is 5.42. The Hall–Kier alpha value is -1.66. The van der Waals surface area contributed by atoms with E-state index >= 15 is 0 Å². The first-order valence-corrected chi connectivity index (χ1v) is 10.7. The van der Waals surface area contributed by atoms with Crippen molar-refractivity contribution in [2.45, 2.75) is 46.1 Å². The van der Waals surface area contributed by atoms with Gasteiger partial charge >= 0.3 is 0 Å². The lowest BCUT2D eigenvalue weighted by Gasteiger charge is -2.31. The van der Waals surface area contributed by atoms with Gasteiger partial charge in [0.25, 0.3) is 0 Å². The van der Waals surface area contributed by atoms with Crippen molar-refractivity contribution in [3.8, 4) is 0 Å². The number of halogens is 1. The zero-order valence-electron chi connectivity index (χ0n) is 16.1. The molecule has 7 heteroatoms. The average Bonchev–Trinajstić information content (AvgIpc) is 3.12. The quantitative estimate of drug-likeness (QED) is 0.782. The maximum absolute atomic E-state index is 12.4. The zero-order chi connectivity index (χ0) is 19.4. The van der Waals surface area contributed by atoms with Crippen molar-refractivity contribution in [1.82, 2.24) is 14.7 Å². The zero-order valence-corrected chi connectivity index (χ0v) is 17.7. The van der Waals surface area contributed by atoms with Crippen LogP contribution in [0.2, 0.25) is 5.02 Å². The van der Waals surface area contributed by atoms with Gasteiger partial charge < -0.3 is 10.2 Å². The van der Waals surface area contributed by atoms with Gasteiger partial charge in [-0.05, 0) is 43.4 Å². The molecule has 1 aliphatic heterocycles.